The number of rotatable bonds is 7. The zero-order chi connectivity index (χ0) is 14.6. The SMILES string of the molecule is [PH-]P([PH-])P(P(P(P)P)P(P)P)P(P(P)P)P(P)P. The van der Waals surface area contributed by atoms with Gasteiger partial charge in [-0.1, -0.05) is 6.99 Å². The van der Waals surface area contributed by atoms with Crippen molar-refractivity contribution in [3.63, 3.8) is 0 Å². The maximum atomic E-state index is 3.98. The Labute approximate surface area is 144 Å². The molecule has 0 heterocycles. The van der Waals surface area contributed by atoms with E-state index in [9.17, 15) is 0 Å². The Balaban J connectivity index is 5.37. The van der Waals surface area contributed by atoms with E-state index in [-0.39, 0.29) is 55.9 Å². The van der Waals surface area contributed by atoms with Crippen LogP contribution in [0, 0.1) is 0 Å². The molecule has 110 valence electrons. The fourth-order valence-electron chi connectivity index (χ4n) is 0.840. The highest BCUT2D eigenvalue weighted by molar-refractivity contribution is 9.33. The third-order valence-corrected chi connectivity index (χ3v) is 107. The third kappa shape index (κ3) is 9.61. The van der Waals surface area contributed by atoms with E-state index in [0.29, 0.717) is 0 Å². The first-order valence-electron chi connectivity index (χ1n) is 3.91. The van der Waals surface area contributed by atoms with E-state index in [0.717, 1.165) is 0 Å². The molecule has 0 aliphatic rings. The van der Waals surface area contributed by atoms with E-state index >= 15 is 0 Å². The molecule has 0 nitrogen and oxygen atoms in total. The first-order chi connectivity index (χ1) is 8.11. The molecule has 0 rings (SSSR count). The van der Waals surface area contributed by atoms with Gasteiger partial charge < -0.3 is 24.8 Å². The molecular weight excluding hydrogens is 558 g/mol. The summed E-state index contributed by atoms with van der Waals surface area (Å²) < 4.78 is 0. The second-order valence-electron chi connectivity index (χ2n) is 2.64. The summed E-state index contributed by atoms with van der Waals surface area (Å²) in [6, 6.07) is 0. The van der Waals surface area contributed by atoms with E-state index in [1.807, 2.05) is 0 Å². The number of hydrogen-bond donors (Lipinski definition) is 0. The molecule has 0 aromatic carbocycles. The minimum Gasteiger partial charge on any atom is -0.553 e. The van der Waals surface area contributed by atoms with Crippen LogP contribution in [-0.4, -0.2) is 0 Å². The molecule has 0 N–H and O–H groups in total. The molecule has 0 radical (unpaired) electrons. The lowest BCUT2D eigenvalue weighted by Crippen LogP contribution is -1.54. The van der Waals surface area contributed by atoms with Gasteiger partial charge in [0.25, 0.3) is 0 Å². The molecule has 8 atom stereocenters. The summed E-state index contributed by atoms with van der Waals surface area (Å²) in [5, 5.41) is 0. The Kier molecular flexibility index (Phi) is 19.8. The van der Waals surface area contributed by atoms with Crippen molar-refractivity contribution in [3.05, 3.63) is 0 Å². The van der Waals surface area contributed by atoms with Crippen molar-refractivity contribution in [2.75, 3.05) is 0 Å². The Morgan fingerprint density at radius 1 is 0.444 bits per heavy atom. The lowest BCUT2D eigenvalue weighted by atomic mass is 28.6. The van der Waals surface area contributed by atoms with Crippen LogP contribution in [0.15, 0.2) is 0 Å². The highest BCUT2D eigenvalue weighted by Crippen LogP contribution is 3.28. The zero-order valence-electron chi connectivity index (χ0n) is 9.20. The second-order valence-corrected chi connectivity index (χ2v) is 71.2. The summed E-state index contributed by atoms with van der Waals surface area (Å²) in [5.74, 6) is 0. The Hall–Kier alpha value is 7.74. The van der Waals surface area contributed by atoms with Crippen LogP contribution >= 0.6 is 145 Å². The summed E-state index contributed by atoms with van der Waals surface area (Å²) in [4.78, 5) is 0. The fourth-order valence-corrected chi connectivity index (χ4v) is 204. The maximum absolute atomic E-state index is 3.98. The van der Waals surface area contributed by atoms with E-state index in [1.165, 1.54) is 0 Å². The highest BCUT2D eigenvalue weighted by atomic mass is 33.4. The summed E-state index contributed by atoms with van der Waals surface area (Å²) in [6.45, 7) is 0.128. The monoisotopic (exact) mass is 576 g/mol. The lowest BCUT2D eigenvalue weighted by molar-refractivity contribution is 4.52. The predicted octanol–water partition coefficient (Wildman–Crippen LogP) is 10.7. The van der Waals surface area contributed by atoms with Crippen molar-refractivity contribution in [3.8, 4) is 0 Å². The summed E-state index contributed by atoms with van der Waals surface area (Å²) in [7, 11) is 32.7. The molecule has 0 saturated heterocycles. The van der Waals surface area contributed by atoms with Crippen molar-refractivity contribution in [1.29, 1.82) is 0 Å². The molecule has 0 fully saturated rings. The predicted molar refractivity (Wildman–Crippen MR) is 150 cm³/mol. The standard InChI is InChI=1S/H18P18/c1-11(2)16(12(3)4)18(15(9)10)17(13(5)6)14(7)8/h9-10H,1-8H2/q-2. The highest BCUT2D eigenvalue weighted by Gasteiger charge is 2.34. The Bertz CT molecular complexity index is 174. The molecule has 0 spiro atoms. The molecule has 8 unspecified atom stereocenters. The second kappa shape index (κ2) is 13.8. The van der Waals surface area contributed by atoms with Crippen LogP contribution in [0.25, 0.3) is 0 Å². The van der Waals surface area contributed by atoms with Gasteiger partial charge in [-0.3, -0.25) is 0 Å². The minimum atomic E-state index is -0.181. The first kappa shape index (κ1) is 25.7. The van der Waals surface area contributed by atoms with E-state index in [2.05, 4.69) is 89.3 Å². The molecule has 0 aromatic rings. The van der Waals surface area contributed by atoms with Crippen LogP contribution in [0.5, 0.6) is 0 Å². The van der Waals surface area contributed by atoms with Gasteiger partial charge in [0.05, 0.1) is 0 Å². The van der Waals surface area contributed by atoms with Gasteiger partial charge in [0.2, 0.25) is 0 Å². The van der Waals surface area contributed by atoms with Crippen molar-refractivity contribution in [2.45, 2.75) is 0 Å². The van der Waals surface area contributed by atoms with Gasteiger partial charge in [-0.2, -0.15) is 0 Å². The van der Waals surface area contributed by atoms with Crippen molar-refractivity contribution in [1.82, 2.24) is 0 Å². The summed E-state index contributed by atoms with van der Waals surface area (Å²) in [5.41, 5.74) is 0. The minimum absolute atomic E-state index is 0.0108. The smallest absolute Gasteiger partial charge is 0.0104 e. The summed E-state index contributed by atoms with van der Waals surface area (Å²) >= 11 is 0. The van der Waals surface area contributed by atoms with Crippen LogP contribution in [0.1, 0.15) is 0 Å². The fraction of sp³-hybridized carbons (Fsp3) is 0. The van der Waals surface area contributed by atoms with E-state index < -0.39 is 0 Å². The van der Waals surface area contributed by atoms with Gasteiger partial charge in [0, 0.05) is 0 Å². The molecule has 0 saturated carbocycles. The molecule has 0 aliphatic carbocycles. The topological polar surface area (TPSA) is 0 Å². The van der Waals surface area contributed by atoms with Gasteiger partial charge in [-0.05, 0) is 41.9 Å². The first-order valence-corrected chi connectivity index (χ1v) is 35.2. The Morgan fingerprint density at radius 3 is 0.778 bits per heavy atom. The summed E-state index contributed by atoms with van der Waals surface area (Å²) in [6.07, 6.45) is 0. The molecule has 0 aromatic heterocycles. The van der Waals surface area contributed by atoms with Crippen LogP contribution < -0.4 is 0 Å². The van der Waals surface area contributed by atoms with Crippen LogP contribution in [0.4, 0.5) is 0 Å². The molecule has 18 heavy (non-hydrogen) atoms. The van der Waals surface area contributed by atoms with Gasteiger partial charge in [-0.15, -0.1) is 71.4 Å². The molecule has 0 bridgehead atoms. The normalized spacial score (nSPS) is 13.7. The third-order valence-electron chi connectivity index (χ3n) is 1.33. The molecule has 0 amide bonds. The van der Waals surface area contributed by atoms with Crippen molar-refractivity contribution in [2.24, 2.45) is 0 Å². The van der Waals surface area contributed by atoms with E-state index in [1.54, 1.807) is 0 Å². The maximum Gasteiger partial charge on any atom is -0.0104 e. The average molecular weight is 576 g/mol. The van der Waals surface area contributed by atoms with E-state index in [4.69, 9.17) is 0 Å². The lowest BCUT2D eigenvalue weighted by Gasteiger charge is -2.52. The van der Waals surface area contributed by atoms with Gasteiger partial charge in [0.1, 0.15) is 0 Å². The van der Waals surface area contributed by atoms with Gasteiger partial charge >= 0.3 is 0 Å². The average Bonchev–Trinajstić information content (AvgIpc) is 2.13. The van der Waals surface area contributed by atoms with Crippen LogP contribution in [0.2, 0.25) is 0 Å². The van der Waals surface area contributed by atoms with Crippen LogP contribution in [0.3, 0.4) is 0 Å². The molecular formula is H18P18-2. The quantitative estimate of drug-likeness (QED) is 0.265. The number of hydrogen-bond acceptors (Lipinski definition) is 0. The van der Waals surface area contributed by atoms with Crippen molar-refractivity contribution >= 4 is 145 Å². The molecule has 0 aliphatic heterocycles. The zero-order valence-corrected chi connectivity index (χ0v) is 27.6. The van der Waals surface area contributed by atoms with Crippen molar-refractivity contribution < 1.29 is 0 Å². The van der Waals surface area contributed by atoms with Gasteiger partial charge in [-0.25, -0.2) is 0 Å². The largest absolute Gasteiger partial charge is 0.553 e. The Morgan fingerprint density at radius 2 is 0.667 bits per heavy atom. The molecule has 18 heteroatoms. The van der Waals surface area contributed by atoms with Crippen LogP contribution in [-0.2, 0) is 0 Å². The van der Waals surface area contributed by atoms with Gasteiger partial charge in [0.15, 0.2) is 0 Å².